The van der Waals surface area contributed by atoms with Crippen LogP contribution in [0.4, 0.5) is 0 Å². The first-order valence-corrected chi connectivity index (χ1v) is 9.40. The first-order valence-electron chi connectivity index (χ1n) is 9.40. The molecule has 0 fully saturated rings. The summed E-state index contributed by atoms with van der Waals surface area (Å²) in [6.45, 7) is 7.24. The fourth-order valence-electron chi connectivity index (χ4n) is 2.94. The maximum atomic E-state index is 12.2. The number of ether oxygens (including phenoxy) is 2. The van der Waals surface area contributed by atoms with E-state index in [-0.39, 0.29) is 6.10 Å². The van der Waals surface area contributed by atoms with Crippen molar-refractivity contribution < 1.29 is 18.7 Å². The molecule has 0 saturated heterocycles. The van der Waals surface area contributed by atoms with Gasteiger partial charge in [0.15, 0.2) is 6.10 Å². The van der Waals surface area contributed by atoms with Crippen LogP contribution < -0.4 is 10.4 Å². The van der Waals surface area contributed by atoms with Crippen molar-refractivity contribution in [1.82, 2.24) is 0 Å². The largest absolute Gasteiger partial charge is 0.479 e. The molecule has 3 rings (SSSR count). The Labute approximate surface area is 163 Å². The zero-order chi connectivity index (χ0) is 20.3. The van der Waals surface area contributed by atoms with Crippen LogP contribution in [0.25, 0.3) is 22.1 Å². The standard InChI is InChI=1S/C23H24O5/c1-5-14(2)26-23(25)16(4)27-20-12-11-18-19(17-9-7-6-8-10-17)13-21(24)28-22(18)15(20)3/h6-14,16H,5H2,1-4H3. The Balaban J connectivity index is 1.98. The SMILES string of the molecule is CCC(C)OC(=O)C(C)Oc1ccc2c(-c3ccccc3)cc(=O)oc2c1C. The Hall–Kier alpha value is -3.08. The van der Waals surface area contributed by atoms with Crippen LogP contribution in [0.2, 0.25) is 0 Å². The van der Waals surface area contributed by atoms with E-state index in [0.717, 1.165) is 22.9 Å². The summed E-state index contributed by atoms with van der Waals surface area (Å²) in [5, 5.41) is 0.811. The van der Waals surface area contributed by atoms with Gasteiger partial charge in [-0.15, -0.1) is 0 Å². The van der Waals surface area contributed by atoms with Gasteiger partial charge in [0, 0.05) is 17.0 Å². The molecule has 2 aromatic carbocycles. The molecule has 1 heterocycles. The van der Waals surface area contributed by atoms with Gasteiger partial charge in [0.2, 0.25) is 0 Å². The Bertz CT molecular complexity index is 1040. The maximum Gasteiger partial charge on any atom is 0.347 e. The molecule has 0 spiro atoms. The molecule has 5 nitrogen and oxygen atoms in total. The summed E-state index contributed by atoms with van der Waals surface area (Å²) in [5.41, 5.74) is 2.41. The molecule has 146 valence electrons. The van der Waals surface area contributed by atoms with Crippen LogP contribution in [0, 0.1) is 6.92 Å². The Morgan fingerprint density at radius 1 is 1.11 bits per heavy atom. The van der Waals surface area contributed by atoms with Crippen molar-refractivity contribution in [2.24, 2.45) is 0 Å². The quantitative estimate of drug-likeness (QED) is 0.450. The smallest absolute Gasteiger partial charge is 0.347 e. The highest BCUT2D eigenvalue weighted by molar-refractivity contribution is 5.95. The summed E-state index contributed by atoms with van der Waals surface area (Å²) >= 11 is 0. The third-order valence-corrected chi connectivity index (χ3v) is 4.72. The topological polar surface area (TPSA) is 65.7 Å². The molecule has 0 saturated carbocycles. The van der Waals surface area contributed by atoms with Crippen LogP contribution in [0.1, 0.15) is 32.8 Å². The van der Waals surface area contributed by atoms with Gasteiger partial charge in [-0.25, -0.2) is 9.59 Å². The highest BCUT2D eigenvalue weighted by Gasteiger charge is 2.21. The Kier molecular flexibility index (Phi) is 5.83. The lowest BCUT2D eigenvalue weighted by Crippen LogP contribution is -2.29. The fraction of sp³-hybridized carbons (Fsp3) is 0.304. The maximum absolute atomic E-state index is 12.2. The first kappa shape index (κ1) is 19.7. The van der Waals surface area contributed by atoms with Gasteiger partial charge in [-0.05, 0) is 50.5 Å². The molecule has 0 amide bonds. The number of aryl methyl sites for hydroxylation is 1. The van der Waals surface area contributed by atoms with Gasteiger partial charge < -0.3 is 13.9 Å². The second-order valence-corrected chi connectivity index (χ2v) is 6.83. The fourth-order valence-corrected chi connectivity index (χ4v) is 2.94. The van der Waals surface area contributed by atoms with Crippen molar-refractivity contribution in [3.05, 3.63) is 64.5 Å². The molecular formula is C23H24O5. The molecule has 1 aromatic heterocycles. The number of benzene rings is 2. The lowest BCUT2D eigenvalue weighted by atomic mass is 10.00. The third-order valence-electron chi connectivity index (χ3n) is 4.72. The summed E-state index contributed by atoms with van der Waals surface area (Å²) < 4.78 is 16.6. The number of rotatable bonds is 6. The van der Waals surface area contributed by atoms with Crippen LogP contribution in [0.15, 0.2) is 57.7 Å². The first-order chi connectivity index (χ1) is 13.4. The van der Waals surface area contributed by atoms with Crippen LogP contribution >= 0.6 is 0 Å². The predicted molar refractivity (Wildman–Crippen MR) is 109 cm³/mol. The van der Waals surface area contributed by atoms with E-state index in [1.54, 1.807) is 13.0 Å². The van der Waals surface area contributed by atoms with E-state index in [1.165, 1.54) is 6.07 Å². The van der Waals surface area contributed by atoms with E-state index in [9.17, 15) is 9.59 Å². The molecule has 28 heavy (non-hydrogen) atoms. The molecule has 0 N–H and O–H groups in total. The minimum atomic E-state index is -0.769. The molecule has 0 bridgehead atoms. The normalized spacial score (nSPS) is 13.1. The van der Waals surface area contributed by atoms with E-state index < -0.39 is 17.7 Å². The van der Waals surface area contributed by atoms with Gasteiger partial charge in [-0.2, -0.15) is 0 Å². The molecule has 3 aromatic rings. The minimum Gasteiger partial charge on any atom is -0.479 e. The lowest BCUT2D eigenvalue weighted by Gasteiger charge is -2.18. The molecule has 0 aliphatic heterocycles. The van der Waals surface area contributed by atoms with E-state index in [1.807, 2.05) is 57.2 Å². The number of carbonyl (C=O) groups excluding carboxylic acids is 1. The summed E-state index contributed by atoms with van der Waals surface area (Å²) in [5.74, 6) is 0.0581. The highest BCUT2D eigenvalue weighted by Crippen LogP contribution is 2.33. The van der Waals surface area contributed by atoms with Gasteiger partial charge in [0.25, 0.3) is 0 Å². The number of carbonyl (C=O) groups is 1. The summed E-state index contributed by atoms with van der Waals surface area (Å²) in [6.07, 6.45) is -0.196. The van der Waals surface area contributed by atoms with Gasteiger partial charge in [0.1, 0.15) is 11.3 Å². The minimum absolute atomic E-state index is 0.164. The van der Waals surface area contributed by atoms with Crippen LogP contribution in [-0.2, 0) is 9.53 Å². The molecule has 0 aliphatic rings. The monoisotopic (exact) mass is 380 g/mol. The van der Waals surface area contributed by atoms with Gasteiger partial charge in [-0.1, -0.05) is 37.3 Å². The number of hydrogen-bond donors (Lipinski definition) is 0. The summed E-state index contributed by atoms with van der Waals surface area (Å²) in [6, 6.07) is 14.8. The van der Waals surface area contributed by atoms with Crippen molar-refractivity contribution in [2.45, 2.75) is 46.3 Å². The molecular weight excluding hydrogens is 356 g/mol. The zero-order valence-electron chi connectivity index (χ0n) is 16.5. The van der Waals surface area contributed by atoms with Gasteiger partial charge in [-0.3, -0.25) is 0 Å². The predicted octanol–water partition coefficient (Wildman–Crippen LogP) is 4.88. The van der Waals surface area contributed by atoms with Crippen LogP contribution in [0.3, 0.4) is 0 Å². The number of hydrogen-bond acceptors (Lipinski definition) is 5. The van der Waals surface area contributed by atoms with Crippen molar-refractivity contribution in [3.63, 3.8) is 0 Å². The summed E-state index contributed by atoms with van der Waals surface area (Å²) in [4.78, 5) is 24.3. The Morgan fingerprint density at radius 3 is 2.50 bits per heavy atom. The average molecular weight is 380 g/mol. The average Bonchev–Trinajstić information content (AvgIpc) is 2.70. The lowest BCUT2D eigenvalue weighted by molar-refractivity contribution is -0.155. The molecule has 0 aliphatic carbocycles. The third kappa shape index (κ3) is 4.09. The van der Waals surface area contributed by atoms with Crippen molar-refractivity contribution in [1.29, 1.82) is 0 Å². The van der Waals surface area contributed by atoms with E-state index in [2.05, 4.69) is 0 Å². The van der Waals surface area contributed by atoms with Crippen molar-refractivity contribution in [2.75, 3.05) is 0 Å². The van der Waals surface area contributed by atoms with Gasteiger partial charge in [0.05, 0.1) is 6.10 Å². The van der Waals surface area contributed by atoms with Gasteiger partial charge >= 0.3 is 11.6 Å². The van der Waals surface area contributed by atoms with E-state index in [0.29, 0.717) is 16.9 Å². The molecule has 2 atom stereocenters. The second kappa shape index (κ2) is 8.30. The number of esters is 1. The van der Waals surface area contributed by atoms with E-state index >= 15 is 0 Å². The molecule has 0 radical (unpaired) electrons. The van der Waals surface area contributed by atoms with E-state index in [4.69, 9.17) is 13.9 Å². The van der Waals surface area contributed by atoms with Crippen LogP contribution in [-0.4, -0.2) is 18.2 Å². The Morgan fingerprint density at radius 2 is 1.82 bits per heavy atom. The molecule has 5 heteroatoms. The van der Waals surface area contributed by atoms with Crippen LogP contribution in [0.5, 0.6) is 5.75 Å². The van der Waals surface area contributed by atoms with Crippen molar-refractivity contribution in [3.8, 4) is 16.9 Å². The highest BCUT2D eigenvalue weighted by atomic mass is 16.6. The molecule has 2 unspecified atom stereocenters. The number of fused-ring (bicyclic) bond motifs is 1. The second-order valence-electron chi connectivity index (χ2n) is 6.83. The van der Waals surface area contributed by atoms with Crippen molar-refractivity contribution >= 4 is 16.9 Å². The summed E-state index contributed by atoms with van der Waals surface area (Å²) in [7, 11) is 0. The zero-order valence-corrected chi connectivity index (χ0v) is 16.5.